The number of nitrogens with one attached hydrogen (secondary N) is 2. The topological polar surface area (TPSA) is 76.7 Å². The van der Waals surface area contributed by atoms with Gasteiger partial charge in [0, 0.05) is 9.50 Å². The van der Waals surface area contributed by atoms with E-state index in [2.05, 4.69) is 26.8 Å². The summed E-state index contributed by atoms with van der Waals surface area (Å²) in [4.78, 5) is 23.4. The summed E-state index contributed by atoms with van der Waals surface area (Å²) in [6, 6.07) is 10.5. The van der Waals surface area contributed by atoms with Crippen molar-refractivity contribution in [2.45, 2.75) is 13.8 Å². The van der Waals surface area contributed by atoms with Gasteiger partial charge >= 0.3 is 0 Å². The minimum atomic E-state index is -0.495. The Hall–Kier alpha value is -2.25. The molecule has 0 spiro atoms. The highest BCUT2D eigenvalue weighted by Gasteiger charge is 2.08. The largest absolute Gasteiger partial charge is 0.484 e. The Balaban J connectivity index is 1.70. The van der Waals surface area contributed by atoms with Crippen LogP contribution in [0.3, 0.4) is 0 Å². The number of ether oxygens (including phenoxy) is 2. The van der Waals surface area contributed by atoms with Crippen LogP contribution in [0.25, 0.3) is 0 Å². The van der Waals surface area contributed by atoms with E-state index in [1.807, 2.05) is 19.9 Å². The number of aryl methyl sites for hydroxylation is 2. The monoisotopic (exact) mass is 440 g/mol. The van der Waals surface area contributed by atoms with Crippen LogP contribution in [0.15, 0.2) is 40.9 Å². The number of hydrogen-bond donors (Lipinski definition) is 2. The summed E-state index contributed by atoms with van der Waals surface area (Å²) >= 11 is 9.31. The van der Waals surface area contributed by atoms with Crippen LogP contribution in [0.4, 0.5) is 0 Å². The van der Waals surface area contributed by atoms with Gasteiger partial charge in [-0.15, -0.1) is 0 Å². The molecule has 2 amide bonds. The predicted molar refractivity (Wildman–Crippen MR) is 102 cm³/mol. The Kier molecular flexibility index (Phi) is 7.29. The van der Waals surface area contributed by atoms with Gasteiger partial charge in [-0.05, 0) is 61.4 Å². The van der Waals surface area contributed by atoms with Crippen molar-refractivity contribution in [2.24, 2.45) is 0 Å². The highest BCUT2D eigenvalue weighted by molar-refractivity contribution is 9.10. The molecule has 6 nitrogen and oxygen atoms in total. The normalized spacial score (nSPS) is 10.2. The number of halogens is 2. The molecule has 0 bridgehead atoms. The summed E-state index contributed by atoms with van der Waals surface area (Å²) in [5.41, 5.74) is 6.36. The van der Waals surface area contributed by atoms with Crippen LogP contribution in [-0.2, 0) is 9.59 Å². The Labute approximate surface area is 164 Å². The maximum Gasteiger partial charge on any atom is 0.276 e. The zero-order valence-electron chi connectivity index (χ0n) is 14.3. The molecule has 138 valence electrons. The molecule has 2 aromatic rings. The molecule has 2 N–H and O–H groups in total. The molecule has 0 aliphatic carbocycles. The van der Waals surface area contributed by atoms with E-state index in [0.717, 1.165) is 15.6 Å². The van der Waals surface area contributed by atoms with Gasteiger partial charge in [-0.1, -0.05) is 27.5 Å². The molecule has 2 aromatic carbocycles. The molecule has 0 radical (unpaired) electrons. The van der Waals surface area contributed by atoms with Gasteiger partial charge in [0.2, 0.25) is 0 Å². The van der Waals surface area contributed by atoms with Gasteiger partial charge in [-0.3, -0.25) is 20.4 Å². The average molecular weight is 442 g/mol. The molecule has 0 aliphatic rings. The van der Waals surface area contributed by atoms with Gasteiger partial charge in [0.05, 0.1) is 0 Å². The summed E-state index contributed by atoms with van der Waals surface area (Å²) in [5, 5.41) is 0.620. The number of hydrogen-bond acceptors (Lipinski definition) is 4. The second-order valence-corrected chi connectivity index (χ2v) is 6.76. The Morgan fingerprint density at radius 2 is 1.42 bits per heavy atom. The molecule has 0 heterocycles. The molecule has 0 aliphatic heterocycles. The minimum absolute atomic E-state index is 0.224. The van der Waals surface area contributed by atoms with Crippen LogP contribution >= 0.6 is 27.5 Å². The number of amides is 2. The molecule has 0 fully saturated rings. The minimum Gasteiger partial charge on any atom is -0.484 e. The first-order valence-corrected chi connectivity index (χ1v) is 8.88. The van der Waals surface area contributed by atoms with Crippen LogP contribution in [0.1, 0.15) is 11.1 Å². The summed E-state index contributed by atoms with van der Waals surface area (Å²) < 4.78 is 11.6. The number of hydrazine groups is 1. The molecule has 8 heteroatoms. The maximum absolute atomic E-state index is 11.7. The van der Waals surface area contributed by atoms with E-state index >= 15 is 0 Å². The molecule has 0 saturated heterocycles. The third-order valence-corrected chi connectivity index (χ3v) is 4.65. The SMILES string of the molecule is Cc1cc(OCC(=O)NNC(=O)COc2ccc(Br)c(C)c2)ccc1Cl. The quantitative estimate of drug-likeness (QED) is 0.674. The summed E-state index contributed by atoms with van der Waals surface area (Å²) in [6.45, 7) is 3.29. The number of rotatable bonds is 6. The third kappa shape index (κ3) is 6.24. The number of benzene rings is 2. The van der Waals surface area contributed by atoms with E-state index in [9.17, 15) is 9.59 Å². The Bertz CT molecular complexity index is 746. The van der Waals surface area contributed by atoms with Crippen molar-refractivity contribution >= 4 is 39.3 Å². The van der Waals surface area contributed by atoms with Crippen molar-refractivity contribution in [3.63, 3.8) is 0 Å². The standard InChI is InChI=1S/C18H18BrClN2O4/c1-11-7-13(3-5-15(11)19)25-9-17(23)21-22-18(24)10-26-14-4-6-16(20)12(2)8-14/h3-8H,9-10H2,1-2H3,(H,21,23)(H,22,24). The average Bonchev–Trinajstić information content (AvgIpc) is 2.62. The van der Waals surface area contributed by atoms with Gasteiger partial charge < -0.3 is 9.47 Å². The first-order chi connectivity index (χ1) is 12.3. The molecule has 0 atom stereocenters. The fourth-order valence-electron chi connectivity index (χ4n) is 1.92. The third-order valence-electron chi connectivity index (χ3n) is 3.34. The van der Waals surface area contributed by atoms with Crippen LogP contribution in [0.5, 0.6) is 11.5 Å². The van der Waals surface area contributed by atoms with E-state index in [1.165, 1.54) is 0 Å². The van der Waals surface area contributed by atoms with Crippen LogP contribution < -0.4 is 20.3 Å². The second-order valence-electron chi connectivity index (χ2n) is 5.50. The number of carbonyl (C=O) groups is 2. The molecular weight excluding hydrogens is 424 g/mol. The summed E-state index contributed by atoms with van der Waals surface area (Å²) in [7, 11) is 0. The van der Waals surface area contributed by atoms with Crippen molar-refractivity contribution in [3.8, 4) is 11.5 Å². The fraction of sp³-hybridized carbons (Fsp3) is 0.222. The predicted octanol–water partition coefficient (Wildman–Crippen LogP) is 3.32. The Morgan fingerprint density at radius 3 is 1.92 bits per heavy atom. The molecule has 26 heavy (non-hydrogen) atoms. The lowest BCUT2D eigenvalue weighted by Crippen LogP contribution is -2.45. The highest BCUT2D eigenvalue weighted by Crippen LogP contribution is 2.22. The molecule has 2 rings (SSSR count). The van der Waals surface area contributed by atoms with E-state index < -0.39 is 11.8 Å². The molecular formula is C18H18BrClN2O4. The first-order valence-electron chi connectivity index (χ1n) is 7.70. The smallest absolute Gasteiger partial charge is 0.276 e. The van der Waals surface area contributed by atoms with Crippen LogP contribution in [0, 0.1) is 13.8 Å². The van der Waals surface area contributed by atoms with Gasteiger partial charge in [-0.2, -0.15) is 0 Å². The van der Waals surface area contributed by atoms with Gasteiger partial charge in [-0.25, -0.2) is 0 Å². The lowest BCUT2D eigenvalue weighted by molar-refractivity contribution is -0.131. The maximum atomic E-state index is 11.7. The van der Waals surface area contributed by atoms with Crippen molar-refractivity contribution in [3.05, 3.63) is 57.0 Å². The van der Waals surface area contributed by atoms with Gasteiger partial charge in [0.25, 0.3) is 11.8 Å². The van der Waals surface area contributed by atoms with Gasteiger partial charge in [0.1, 0.15) is 11.5 Å². The van der Waals surface area contributed by atoms with Crippen molar-refractivity contribution < 1.29 is 19.1 Å². The second kappa shape index (κ2) is 9.45. The van der Waals surface area contributed by atoms with Crippen molar-refractivity contribution in [2.75, 3.05) is 13.2 Å². The fourth-order valence-corrected chi connectivity index (χ4v) is 2.29. The number of carbonyl (C=O) groups excluding carboxylic acids is 2. The lowest BCUT2D eigenvalue weighted by atomic mass is 10.2. The van der Waals surface area contributed by atoms with E-state index in [-0.39, 0.29) is 13.2 Å². The zero-order valence-corrected chi connectivity index (χ0v) is 16.6. The first kappa shape index (κ1) is 20.1. The zero-order chi connectivity index (χ0) is 19.1. The van der Waals surface area contributed by atoms with E-state index in [1.54, 1.807) is 30.3 Å². The summed E-state index contributed by atoms with van der Waals surface area (Å²) in [6.07, 6.45) is 0. The molecule has 0 aromatic heterocycles. The lowest BCUT2D eigenvalue weighted by Gasteiger charge is -2.10. The molecule has 0 unspecified atom stereocenters. The highest BCUT2D eigenvalue weighted by atomic mass is 79.9. The van der Waals surface area contributed by atoms with Crippen LogP contribution in [0.2, 0.25) is 5.02 Å². The molecule has 0 saturated carbocycles. The van der Waals surface area contributed by atoms with Crippen LogP contribution in [-0.4, -0.2) is 25.0 Å². The van der Waals surface area contributed by atoms with E-state index in [4.69, 9.17) is 21.1 Å². The van der Waals surface area contributed by atoms with Gasteiger partial charge in [0.15, 0.2) is 13.2 Å². The van der Waals surface area contributed by atoms with Crippen molar-refractivity contribution in [1.82, 2.24) is 10.9 Å². The summed E-state index contributed by atoms with van der Waals surface area (Å²) in [5.74, 6) is 0.0997. The Morgan fingerprint density at radius 1 is 0.923 bits per heavy atom. The van der Waals surface area contributed by atoms with Crippen molar-refractivity contribution in [1.29, 1.82) is 0 Å². The van der Waals surface area contributed by atoms with E-state index in [0.29, 0.717) is 16.5 Å².